The first-order chi connectivity index (χ1) is 8.16. The van der Waals surface area contributed by atoms with Crippen molar-refractivity contribution >= 4 is 17.4 Å². The number of nitrogens with one attached hydrogen (secondary N) is 2. The lowest BCUT2D eigenvalue weighted by atomic mass is 10.2. The van der Waals surface area contributed by atoms with Crippen molar-refractivity contribution < 1.29 is 4.39 Å². The smallest absolute Gasteiger partial charge is 0.271 e. The summed E-state index contributed by atoms with van der Waals surface area (Å²) >= 11 is 5.75. The lowest BCUT2D eigenvalue weighted by Crippen LogP contribution is -2.11. The van der Waals surface area contributed by atoms with E-state index >= 15 is 0 Å². The maximum atomic E-state index is 12.9. The van der Waals surface area contributed by atoms with Gasteiger partial charge in [-0.2, -0.15) is 0 Å². The van der Waals surface area contributed by atoms with Crippen LogP contribution in [0.1, 0.15) is 5.56 Å². The van der Waals surface area contributed by atoms with Crippen LogP contribution in [0.25, 0.3) is 0 Å². The van der Waals surface area contributed by atoms with Crippen molar-refractivity contribution in [3.8, 4) is 0 Å². The Balaban J connectivity index is 2.13. The number of aromatic nitrogens is 2. The molecule has 2 aromatic rings. The molecule has 2 N–H and O–H groups in total. The summed E-state index contributed by atoms with van der Waals surface area (Å²) in [5.41, 5.74) is 0.326. The largest absolute Gasteiger partial charge is 0.365 e. The third kappa shape index (κ3) is 2.82. The first-order valence-corrected chi connectivity index (χ1v) is 5.26. The van der Waals surface area contributed by atoms with Gasteiger partial charge in [-0.25, -0.2) is 9.37 Å². The maximum Gasteiger partial charge on any atom is 0.271 e. The quantitative estimate of drug-likeness (QED) is 0.881. The SMILES string of the molecule is O=c1[nH]cnc(NCc2cccc(F)c2)c1Cl. The molecule has 0 fully saturated rings. The second-order valence-corrected chi connectivity index (χ2v) is 3.76. The normalized spacial score (nSPS) is 10.2. The van der Waals surface area contributed by atoms with Gasteiger partial charge in [0.25, 0.3) is 5.56 Å². The van der Waals surface area contributed by atoms with E-state index in [9.17, 15) is 9.18 Å². The van der Waals surface area contributed by atoms with Gasteiger partial charge >= 0.3 is 0 Å². The van der Waals surface area contributed by atoms with Gasteiger partial charge in [-0.1, -0.05) is 23.7 Å². The van der Waals surface area contributed by atoms with Crippen LogP contribution in [0.3, 0.4) is 0 Å². The van der Waals surface area contributed by atoms with Crippen molar-refractivity contribution in [3.63, 3.8) is 0 Å². The van der Waals surface area contributed by atoms with Crippen LogP contribution >= 0.6 is 11.6 Å². The molecule has 1 heterocycles. The Hall–Kier alpha value is -1.88. The monoisotopic (exact) mass is 253 g/mol. The van der Waals surface area contributed by atoms with Gasteiger partial charge in [0.15, 0.2) is 5.82 Å². The molecule has 0 aliphatic rings. The lowest BCUT2D eigenvalue weighted by molar-refractivity contribution is 0.626. The van der Waals surface area contributed by atoms with E-state index in [1.165, 1.54) is 18.5 Å². The van der Waals surface area contributed by atoms with E-state index in [1.807, 2.05) is 0 Å². The predicted molar refractivity (Wildman–Crippen MR) is 63.6 cm³/mol. The molecule has 0 aliphatic carbocycles. The van der Waals surface area contributed by atoms with Crippen LogP contribution < -0.4 is 10.9 Å². The van der Waals surface area contributed by atoms with Crippen molar-refractivity contribution in [3.05, 3.63) is 57.3 Å². The van der Waals surface area contributed by atoms with Crippen LogP contribution in [0.4, 0.5) is 10.2 Å². The number of rotatable bonds is 3. The Morgan fingerprint density at radius 3 is 3.06 bits per heavy atom. The lowest BCUT2D eigenvalue weighted by Gasteiger charge is -2.06. The minimum absolute atomic E-state index is 0.0103. The van der Waals surface area contributed by atoms with Gasteiger partial charge in [-0.15, -0.1) is 0 Å². The fraction of sp³-hybridized carbons (Fsp3) is 0.0909. The Kier molecular flexibility index (Phi) is 3.39. The van der Waals surface area contributed by atoms with Crippen LogP contribution in [-0.4, -0.2) is 9.97 Å². The summed E-state index contributed by atoms with van der Waals surface area (Å²) < 4.78 is 12.9. The molecule has 88 valence electrons. The highest BCUT2D eigenvalue weighted by Gasteiger charge is 2.05. The Bertz CT molecular complexity index is 585. The average molecular weight is 254 g/mol. The number of hydrogen-bond donors (Lipinski definition) is 2. The van der Waals surface area contributed by atoms with Gasteiger partial charge < -0.3 is 10.3 Å². The van der Waals surface area contributed by atoms with Gasteiger partial charge in [0.2, 0.25) is 0 Å². The third-order valence-electron chi connectivity index (χ3n) is 2.15. The molecule has 0 unspecified atom stereocenters. The standard InChI is InChI=1S/C11H9ClFN3O/c12-9-10(15-6-16-11(9)17)14-5-7-2-1-3-8(13)4-7/h1-4,6H,5H2,(H2,14,15,16,17). The molecule has 1 aromatic carbocycles. The molecule has 0 aliphatic heterocycles. The average Bonchev–Trinajstić information content (AvgIpc) is 2.31. The van der Waals surface area contributed by atoms with E-state index in [0.29, 0.717) is 6.54 Å². The summed E-state index contributed by atoms with van der Waals surface area (Å²) in [6.07, 6.45) is 1.25. The molecule has 6 heteroatoms. The van der Waals surface area contributed by atoms with Crippen molar-refractivity contribution in [2.75, 3.05) is 5.32 Å². The van der Waals surface area contributed by atoms with Crippen LogP contribution in [0, 0.1) is 5.82 Å². The summed E-state index contributed by atoms with van der Waals surface area (Å²) in [5, 5.41) is 2.86. The first kappa shape index (κ1) is 11.6. The summed E-state index contributed by atoms with van der Waals surface area (Å²) in [7, 11) is 0. The van der Waals surface area contributed by atoms with Crippen molar-refractivity contribution in [2.45, 2.75) is 6.54 Å². The summed E-state index contributed by atoms with van der Waals surface area (Å²) in [5.74, 6) is -0.0334. The summed E-state index contributed by atoms with van der Waals surface area (Å²) in [6.45, 7) is 0.341. The van der Waals surface area contributed by atoms with Crippen LogP contribution in [0.5, 0.6) is 0 Å². The number of anilines is 1. The Labute approximate surface area is 101 Å². The third-order valence-corrected chi connectivity index (χ3v) is 2.50. The second kappa shape index (κ2) is 4.97. The summed E-state index contributed by atoms with van der Waals surface area (Å²) in [4.78, 5) is 17.4. The van der Waals surface area contributed by atoms with E-state index in [4.69, 9.17) is 11.6 Å². The Morgan fingerprint density at radius 1 is 1.47 bits per heavy atom. The fourth-order valence-electron chi connectivity index (χ4n) is 1.34. The molecule has 0 atom stereocenters. The van der Waals surface area contributed by atoms with Gasteiger partial charge in [0, 0.05) is 6.54 Å². The molecular formula is C11H9ClFN3O. The molecule has 17 heavy (non-hydrogen) atoms. The topological polar surface area (TPSA) is 57.8 Å². The molecular weight excluding hydrogens is 245 g/mol. The van der Waals surface area contributed by atoms with Crippen LogP contribution in [-0.2, 0) is 6.54 Å². The molecule has 0 spiro atoms. The minimum Gasteiger partial charge on any atom is -0.365 e. The highest BCUT2D eigenvalue weighted by atomic mass is 35.5. The Morgan fingerprint density at radius 2 is 2.29 bits per heavy atom. The van der Waals surface area contributed by atoms with Gasteiger partial charge in [-0.3, -0.25) is 4.79 Å². The minimum atomic E-state index is -0.414. The molecule has 1 aromatic heterocycles. The van der Waals surface area contributed by atoms with Gasteiger partial charge in [0.05, 0.1) is 6.33 Å². The number of H-pyrrole nitrogens is 1. The number of halogens is 2. The molecule has 0 radical (unpaired) electrons. The van der Waals surface area contributed by atoms with Crippen molar-refractivity contribution in [2.24, 2.45) is 0 Å². The molecule has 4 nitrogen and oxygen atoms in total. The van der Waals surface area contributed by atoms with Crippen molar-refractivity contribution in [1.82, 2.24) is 9.97 Å². The zero-order valence-corrected chi connectivity index (χ0v) is 9.46. The van der Waals surface area contributed by atoms with Gasteiger partial charge in [-0.05, 0) is 17.7 Å². The van der Waals surface area contributed by atoms with E-state index in [1.54, 1.807) is 12.1 Å². The fourth-order valence-corrected chi connectivity index (χ4v) is 1.51. The number of hydrogen-bond acceptors (Lipinski definition) is 3. The molecule has 0 saturated carbocycles. The highest BCUT2D eigenvalue weighted by Crippen LogP contribution is 2.13. The van der Waals surface area contributed by atoms with E-state index in [-0.39, 0.29) is 16.7 Å². The van der Waals surface area contributed by atoms with E-state index in [0.717, 1.165) is 5.56 Å². The number of aromatic amines is 1. The maximum absolute atomic E-state index is 12.9. The predicted octanol–water partition coefficient (Wildman–Crippen LogP) is 2.17. The molecule has 0 bridgehead atoms. The number of benzene rings is 1. The summed E-state index contributed by atoms with van der Waals surface area (Å²) in [6, 6.07) is 6.13. The number of nitrogens with zero attached hydrogens (tertiary/aromatic N) is 1. The molecule has 2 rings (SSSR count). The van der Waals surface area contributed by atoms with Crippen LogP contribution in [0.2, 0.25) is 5.02 Å². The zero-order chi connectivity index (χ0) is 12.3. The highest BCUT2D eigenvalue weighted by molar-refractivity contribution is 6.32. The van der Waals surface area contributed by atoms with E-state index in [2.05, 4.69) is 15.3 Å². The van der Waals surface area contributed by atoms with Crippen molar-refractivity contribution in [1.29, 1.82) is 0 Å². The van der Waals surface area contributed by atoms with Crippen LogP contribution in [0.15, 0.2) is 35.4 Å². The zero-order valence-electron chi connectivity index (χ0n) is 8.71. The van der Waals surface area contributed by atoms with E-state index < -0.39 is 5.56 Å². The molecule has 0 saturated heterocycles. The second-order valence-electron chi connectivity index (χ2n) is 3.38. The van der Waals surface area contributed by atoms with Gasteiger partial charge in [0.1, 0.15) is 10.8 Å². The first-order valence-electron chi connectivity index (χ1n) is 4.88. The molecule has 0 amide bonds.